The molecule has 0 saturated carbocycles. The van der Waals surface area contributed by atoms with E-state index in [2.05, 4.69) is 4.98 Å². The van der Waals surface area contributed by atoms with E-state index in [1.165, 1.54) is 13.2 Å². The van der Waals surface area contributed by atoms with E-state index in [1.54, 1.807) is 18.3 Å². The fraction of sp³-hybridized carbons (Fsp3) is 0.111. The standard InChI is InChI=1S/C9H8ClNO3S/c1-14-7-2-3-8(15(10,12)13)6-4-5-11-9(6)7/h2-5,11H,1H3. The second-order valence-corrected chi connectivity index (χ2v) is 5.50. The summed E-state index contributed by atoms with van der Waals surface area (Å²) in [5.74, 6) is 0.582. The number of ether oxygens (including phenoxy) is 1. The molecular weight excluding hydrogens is 238 g/mol. The molecule has 0 unspecified atom stereocenters. The highest BCUT2D eigenvalue weighted by atomic mass is 35.7. The van der Waals surface area contributed by atoms with Gasteiger partial charge in [0.15, 0.2) is 0 Å². The third-order valence-electron chi connectivity index (χ3n) is 2.13. The number of rotatable bonds is 2. The van der Waals surface area contributed by atoms with Crippen LogP contribution in [0.15, 0.2) is 29.3 Å². The van der Waals surface area contributed by atoms with Crippen molar-refractivity contribution in [2.45, 2.75) is 4.90 Å². The van der Waals surface area contributed by atoms with Crippen molar-refractivity contribution < 1.29 is 13.2 Å². The molecule has 0 atom stereocenters. The van der Waals surface area contributed by atoms with Crippen molar-refractivity contribution in [1.29, 1.82) is 0 Å². The molecule has 0 amide bonds. The van der Waals surface area contributed by atoms with Gasteiger partial charge in [0.2, 0.25) is 0 Å². The Morgan fingerprint density at radius 2 is 2.07 bits per heavy atom. The lowest BCUT2D eigenvalue weighted by Gasteiger charge is -2.04. The first-order valence-electron chi connectivity index (χ1n) is 4.13. The van der Waals surface area contributed by atoms with Crippen molar-refractivity contribution in [3.8, 4) is 5.75 Å². The zero-order valence-electron chi connectivity index (χ0n) is 7.82. The van der Waals surface area contributed by atoms with Gasteiger partial charge in [-0.3, -0.25) is 0 Å². The van der Waals surface area contributed by atoms with Crippen LogP contribution in [-0.2, 0) is 9.05 Å². The van der Waals surface area contributed by atoms with E-state index in [0.29, 0.717) is 16.7 Å². The Morgan fingerprint density at radius 1 is 1.33 bits per heavy atom. The van der Waals surface area contributed by atoms with Gasteiger partial charge in [-0.2, -0.15) is 0 Å². The predicted octanol–water partition coefficient (Wildman–Crippen LogP) is 2.10. The maximum Gasteiger partial charge on any atom is 0.261 e. The van der Waals surface area contributed by atoms with E-state index < -0.39 is 9.05 Å². The molecule has 15 heavy (non-hydrogen) atoms. The number of fused-ring (bicyclic) bond motifs is 1. The van der Waals surface area contributed by atoms with Gasteiger partial charge in [-0.15, -0.1) is 0 Å². The number of nitrogens with one attached hydrogen (secondary N) is 1. The largest absolute Gasteiger partial charge is 0.495 e. The van der Waals surface area contributed by atoms with E-state index >= 15 is 0 Å². The molecule has 0 bridgehead atoms. The van der Waals surface area contributed by atoms with Crippen molar-refractivity contribution in [2.75, 3.05) is 7.11 Å². The van der Waals surface area contributed by atoms with Crippen LogP contribution in [0.4, 0.5) is 0 Å². The molecule has 0 spiro atoms. The minimum absolute atomic E-state index is 0.0845. The second-order valence-electron chi connectivity index (χ2n) is 2.97. The maximum atomic E-state index is 11.3. The van der Waals surface area contributed by atoms with Crippen molar-refractivity contribution in [1.82, 2.24) is 4.98 Å². The lowest BCUT2D eigenvalue weighted by molar-refractivity contribution is 0.419. The number of aromatic nitrogens is 1. The summed E-state index contributed by atoms with van der Waals surface area (Å²) in [6, 6.07) is 4.64. The van der Waals surface area contributed by atoms with Crippen molar-refractivity contribution in [3.63, 3.8) is 0 Å². The molecule has 0 fully saturated rings. The van der Waals surface area contributed by atoms with Crippen LogP contribution >= 0.6 is 10.7 Å². The van der Waals surface area contributed by atoms with Crippen LogP contribution in [0.2, 0.25) is 0 Å². The Labute approximate surface area is 91.2 Å². The quantitative estimate of drug-likeness (QED) is 0.825. The van der Waals surface area contributed by atoms with Gasteiger partial charge in [0.05, 0.1) is 17.5 Å². The molecular formula is C9H8ClNO3S. The highest BCUT2D eigenvalue weighted by Crippen LogP contribution is 2.31. The molecule has 80 valence electrons. The Bertz CT molecular complexity index is 603. The van der Waals surface area contributed by atoms with Crippen molar-refractivity contribution >= 4 is 30.6 Å². The van der Waals surface area contributed by atoms with E-state index in [1.807, 2.05) is 0 Å². The van der Waals surface area contributed by atoms with Crippen LogP contribution in [0.1, 0.15) is 0 Å². The van der Waals surface area contributed by atoms with Gasteiger partial charge < -0.3 is 9.72 Å². The minimum Gasteiger partial charge on any atom is -0.495 e. The smallest absolute Gasteiger partial charge is 0.261 e. The topological polar surface area (TPSA) is 59.2 Å². The number of benzene rings is 1. The SMILES string of the molecule is COc1ccc(S(=O)(=O)Cl)c2cc[nH]c12. The molecule has 1 aromatic carbocycles. The molecule has 1 aromatic heterocycles. The fourth-order valence-corrected chi connectivity index (χ4v) is 2.55. The lowest BCUT2D eigenvalue weighted by Crippen LogP contribution is -1.93. The summed E-state index contributed by atoms with van der Waals surface area (Å²) >= 11 is 0. The number of aromatic amines is 1. The summed E-state index contributed by atoms with van der Waals surface area (Å²) in [5.41, 5.74) is 0.624. The van der Waals surface area contributed by atoms with Gasteiger partial charge in [-0.25, -0.2) is 8.42 Å². The van der Waals surface area contributed by atoms with Crippen molar-refractivity contribution in [2.24, 2.45) is 0 Å². The van der Waals surface area contributed by atoms with Gasteiger partial charge in [0.25, 0.3) is 9.05 Å². The van der Waals surface area contributed by atoms with Crippen LogP contribution < -0.4 is 4.74 Å². The summed E-state index contributed by atoms with van der Waals surface area (Å²) in [6.07, 6.45) is 1.64. The van der Waals surface area contributed by atoms with Crippen molar-refractivity contribution in [3.05, 3.63) is 24.4 Å². The molecule has 6 heteroatoms. The molecule has 0 saturated heterocycles. The van der Waals surface area contributed by atoms with Crippen LogP contribution in [0.5, 0.6) is 5.75 Å². The third-order valence-corrected chi connectivity index (χ3v) is 3.51. The minimum atomic E-state index is -3.73. The Kier molecular flexibility index (Phi) is 2.36. The average Bonchev–Trinajstić information content (AvgIpc) is 2.62. The first kappa shape index (κ1) is 10.3. The van der Waals surface area contributed by atoms with E-state index in [0.717, 1.165) is 0 Å². The molecule has 0 aliphatic carbocycles. The molecule has 1 N–H and O–H groups in total. The number of H-pyrrole nitrogens is 1. The molecule has 2 aromatic rings. The summed E-state index contributed by atoms with van der Waals surface area (Å²) < 4.78 is 27.6. The van der Waals surface area contributed by atoms with Gasteiger partial charge >= 0.3 is 0 Å². The zero-order chi connectivity index (χ0) is 11.1. The van der Waals surface area contributed by atoms with Gasteiger partial charge in [-0.1, -0.05) is 0 Å². The third kappa shape index (κ3) is 1.68. The molecule has 2 rings (SSSR count). The summed E-state index contributed by atoms with van der Waals surface area (Å²) in [5, 5.41) is 0.532. The number of hydrogen-bond donors (Lipinski definition) is 1. The summed E-state index contributed by atoms with van der Waals surface area (Å²) in [4.78, 5) is 2.99. The maximum absolute atomic E-state index is 11.3. The highest BCUT2D eigenvalue weighted by molar-refractivity contribution is 8.14. The molecule has 0 radical (unpaired) electrons. The number of halogens is 1. The summed E-state index contributed by atoms with van der Waals surface area (Å²) in [7, 11) is 3.10. The lowest BCUT2D eigenvalue weighted by atomic mass is 10.2. The second kappa shape index (κ2) is 3.43. The van der Waals surface area contributed by atoms with Crippen LogP contribution in [0, 0.1) is 0 Å². The Hall–Kier alpha value is -1.20. The number of hydrogen-bond acceptors (Lipinski definition) is 3. The first-order chi connectivity index (χ1) is 7.04. The normalized spacial score (nSPS) is 11.9. The average molecular weight is 246 g/mol. The van der Waals surface area contributed by atoms with E-state index in [9.17, 15) is 8.42 Å². The summed E-state index contributed by atoms with van der Waals surface area (Å²) in [6.45, 7) is 0. The monoisotopic (exact) mass is 245 g/mol. The first-order valence-corrected chi connectivity index (χ1v) is 6.43. The van der Waals surface area contributed by atoms with E-state index in [-0.39, 0.29) is 4.90 Å². The Balaban J connectivity index is 2.86. The molecule has 0 aliphatic rings. The fourth-order valence-electron chi connectivity index (χ4n) is 1.49. The van der Waals surface area contributed by atoms with E-state index in [4.69, 9.17) is 15.4 Å². The number of methoxy groups -OCH3 is 1. The van der Waals surface area contributed by atoms with Gasteiger partial charge in [-0.05, 0) is 18.2 Å². The van der Waals surface area contributed by atoms with Crippen LogP contribution in [-0.4, -0.2) is 20.5 Å². The predicted molar refractivity (Wildman–Crippen MR) is 57.9 cm³/mol. The molecule has 0 aliphatic heterocycles. The zero-order valence-corrected chi connectivity index (χ0v) is 9.39. The highest BCUT2D eigenvalue weighted by Gasteiger charge is 2.16. The van der Waals surface area contributed by atoms with Gasteiger partial charge in [0, 0.05) is 22.3 Å². The molecule has 4 nitrogen and oxygen atoms in total. The Morgan fingerprint density at radius 3 is 2.67 bits per heavy atom. The van der Waals surface area contributed by atoms with Crippen LogP contribution in [0.3, 0.4) is 0 Å². The molecule has 1 heterocycles. The van der Waals surface area contributed by atoms with Crippen LogP contribution in [0.25, 0.3) is 10.9 Å². The van der Waals surface area contributed by atoms with Gasteiger partial charge in [0.1, 0.15) is 5.75 Å².